The SMILES string of the molecule is CNC1CCN(CC(=O)NC(=O)OC)C1. The summed E-state index contributed by atoms with van der Waals surface area (Å²) in [5.74, 6) is -0.321. The summed E-state index contributed by atoms with van der Waals surface area (Å²) in [5.41, 5.74) is 0. The summed E-state index contributed by atoms with van der Waals surface area (Å²) in [4.78, 5) is 24.0. The molecule has 0 aromatic carbocycles. The summed E-state index contributed by atoms with van der Waals surface area (Å²) in [5, 5.41) is 5.28. The highest BCUT2D eigenvalue weighted by Crippen LogP contribution is 2.07. The Kier molecular flexibility index (Phi) is 4.51. The van der Waals surface area contributed by atoms with E-state index in [0.717, 1.165) is 19.5 Å². The number of alkyl carbamates (subject to hydrolysis) is 1. The molecule has 0 aliphatic carbocycles. The summed E-state index contributed by atoms with van der Waals surface area (Å²) in [6.07, 6.45) is 0.325. The van der Waals surface area contributed by atoms with E-state index in [1.165, 1.54) is 7.11 Å². The monoisotopic (exact) mass is 215 g/mol. The van der Waals surface area contributed by atoms with Crippen molar-refractivity contribution in [1.82, 2.24) is 15.5 Å². The zero-order chi connectivity index (χ0) is 11.3. The molecule has 86 valence electrons. The summed E-state index contributed by atoms with van der Waals surface area (Å²) in [7, 11) is 3.14. The van der Waals surface area contributed by atoms with Crippen molar-refractivity contribution < 1.29 is 14.3 Å². The fourth-order valence-electron chi connectivity index (χ4n) is 1.62. The van der Waals surface area contributed by atoms with Crippen molar-refractivity contribution in [2.24, 2.45) is 0 Å². The van der Waals surface area contributed by atoms with Gasteiger partial charge in [-0.15, -0.1) is 0 Å². The third kappa shape index (κ3) is 3.85. The van der Waals surface area contributed by atoms with Gasteiger partial charge in [0.1, 0.15) is 0 Å². The van der Waals surface area contributed by atoms with Gasteiger partial charge in [-0.3, -0.25) is 15.0 Å². The van der Waals surface area contributed by atoms with E-state index >= 15 is 0 Å². The van der Waals surface area contributed by atoms with Gasteiger partial charge in [-0.05, 0) is 13.5 Å². The minimum absolute atomic E-state index is 0.243. The zero-order valence-corrected chi connectivity index (χ0v) is 9.08. The molecule has 0 saturated carbocycles. The molecular formula is C9H17N3O3. The average Bonchev–Trinajstić information content (AvgIpc) is 2.65. The van der Waals surface area contributed by atoms with Crippen molar-refractivity contribution in [3.8, 4) is 0 Å². The van der Waals surface area contributed by atoms with Crippen molar-refractivity contribution in [3.05, 3.63) is 0 Å². The number of carbonyl (C=O) groups excluding carboxylic acids is 2. The van der Waals surface area contributed by atoms with Gasteiger partial charge in [-0.25, -0.2) is 4.79 Å². The maximum atomic E-state index is 11.3. The van der Waals surface area contributed by atoms with Crippen molar-refractivity contribution in [1.29, 1.82) is 0 Å². The molecule has 1 aliphatic rings. The van der Waals surface area contributed by atoms with Crippen LogP contribution < -0.4 is 10.6 Å². The van der Waals surface area contributed by atoms with Gasteiger partial charge < -0.3 is 10.1 Å². The Bertz CT molecular complexity index is 245. The number of nitrogens with one attached hydrogen (secondary N) is 2. The van der Waals surface area contributed by atoms with Crippen LogP contribution in [0.2, 0.25) is 0 Å². The summed E-state index contributed by atoms with van der Waals surface area (Å²) < 4.78 is 4.33. The van der Waals surface area contributed by atoms with E-state index in [4.69, 9.17) is 0 Å². The van der Waals surface area contributed by atoms with E-state index in [1.54, 1.807) is 0 Å². The van der Waals surface area contributed by atoms with Crippen LogP contribution in [-0.2, 0) is 9.53 Å². The third-order valence-corrected chi connectivity index (χ3v) is 2.47. The summed E-state index contributed by atoms with van der Waals surface area (Å²) in [6.45, 7) is 1.96. The highest BCUT2D eigenvalue weighted by atomic mass is 16.5. The van der Waals surface area contributed by atoms with Gasteiger partial charge in [0, 0.05) is 19.1 Å². The van der Waals surface area contributed by atoms with Crippen LogP contribution in [0.3, 0.4) is 0 Å². The first-order valence-electron chi connectivity index (χ1n) is 4.93. The number of methoxy groups -OCH3 is 1. The highest BCUT2D eigenvalue weighted by molar-refractivity contribution is 5.92. The summed E-state index contributed by atoms with van der Waals surface area (Å²) >= 11 is 0. The molecule has 0 aromatic heterocycles. The van der Waals surface area contributed by atoms with E-state index in [1.807, 2.05) is 11.9 Å². The zero-order valence-electron chi connectivity index (χ0n) is 9.08. The second kappa shape index (κ2) is 5.67. The van der Waals surface area contributed by atoms with Crippen LogP contribution in [0.5, 0.6) is 0 Å². The Labute approximate surface area is 88.9 Å². The van der Waals surface area contributed by atoms with E-state index in [0.29, 0.717) is 6.04 Å². The molecule has 6 nitrogen and oxygen atoms in total. The first kappa shape index (κ1) is 11.9. The van der Waals surface area contributed by atoms with E-state index in [9.17, 15) is 9.59 Å². The van der Waals surface area contributed by atoms with Gasteiger partial charge in [-0.1, -0.05) is 0 Å². The molecule has 1 saturated heterocycles. The molecule has 6 heteroatoms. The Morgan fingerprint density at radius 1 is 1.53 bits per heavy atom. The molecule has 1 fully saturated rings. The average molecular weight is 215 g/mol. The van der Waals surface area contributed by atoms with Crippen molar-refractivity contribution in [3.63, 3.8) is 0 Å². The lowest BCUT2D eigenvalue weighted by atomic mass is 10.3. The Hall–Kier alpha value is -1.14. The fourth-order valence-corrected chi connectivity index (χ4v) is 1.62. The van der Waals surface area contributed by atoms with Crippen LogP contribution >= 0.6 is 0 Å². The second-order valence-corrected chi connectivity index (χ2v) is 3.55. The topological polar surface area (TPSA) is 70.7 Å². The molecule has 1 heterocycles. The first-order valence-corrected chi connectivity index (χ1v) is 4.93. The highest BCUT2D eigenvalue weighted by Gasteiger charge is 2.23. The lowest BCUT2D eigenvalue weighted by molar-refractivity contribution is -0.121. The number of amides is 2. The van der Waals surface area contributed by atoms with E-state index in [-0.39, 0.29) is 12.5 Å². The normalized spacial score (nSPS) is 21.3. The number of rotatable bonds is 3. The number of likely N-dealkylation sites (tertiary alicyclic amines) is 1. The number of likely N-dealkylation sites (N-methyl/N-ethyl adjacent to an activating group) is 1. The van der Waals surface area contributed by atoms with Crippen LogP contribution in [0, 0.1) is 0 Å². The molecule has 0 radical (unpaired) electrons. The minimum atomic E-state index is -0.704. The number of hydrogen-bond acceptors (Lipinski definition) is 5. The molecule has 1 rings (SSSR count). The molecule has 2 amide bonds. The Morgan fingerprint density at radius 3 is 2.80 bits per heavy atom. The Balaban J connectivity index is 2.24. The maximum Gasteiger partial charge on any atom is 0.413 e. The molecule has 2 N–H and O–H groups in total. The third-order valence-electron chi connectivity index (χ3n) is 2.47. The number of imide groups is 1. The van der Waals surface area contributed by atoms with Gasteiger partial charge >= 0.3 is 6.09 Å². The largest absolute Gasteiger partial charge is 0.453 e. The predicted octanol–water partition coefficient (Wildman–Crippen LogP) is -0.837. The van der Waals surface area contributed by atoms with Crippen LogP contribution in [0.1, 0.15) is 6.42 Å². The summed E-state index contributed by atoms with van der Waals surface area (Å²) in [6, 6.07) is 0.441. The second-order valence-electron chi connectivity index (χ2n) is 3.55. The predicted molar refractivity (Wildman–Crippen MR) is 54.5 cm³/mol. The van der Waals surface area contributed by atoms with Gasteiger partial charge in [0.25, 0.3) is 0 Å². The van der Waals surface area contributed by atoms with Crippen LogP contribution in [0.4, 0.5) is 4.79 Å². The van der Waals surface area contributed by atoms with Gasteiger partial charge in [0.15, 0.2) is 0 Å². The molecule has 0 aromatic rings. The van der Waals surface area contributed by atoms with E-state index in [2.05, 4.69) is 15.4 Å². The maximum absolute atomic E-state index is 11.3. The lowest BCUT2D eigenvalue weighted by Gasteiger charge is -2.14. The Morgan fingerprint density at radius 2 is 2.27 bits per heavy atom. The van der Waals surface area contributed by atoms with Crippen molar-refractivity contribution in [2.45, 2.75) is 12.5 Å². The van der Waals surface area contributed by atoms with Gasteiger partial charge in [-0.2, -0.15) is 0 Å². The van der Waals surface area contributed by atoms with Crippen molar-refractivity contribution >= 4 is 12.0 Å². The fraction of sp³-hybridized carbons (Fsp3) is 0.778. The van der Waals surface area contributed by atoms with Crippen LogP contribution in [-0.4, -0.2) is 56.7 Å². The number of hydrogen-bond donors (Lipinski definition) is 2. The molecule has 0 bridgehead atoms. The number of ether oxygens (including phenoxy) is 1. The van der Waals surface area contributed by atoms with Crippen molar-refractivity contribution in [2.75, 3.05) is 33.8 Å². The molecule has 1 aliphatic heterocycles. The van der Waals surface area contributed by atoms with E-state index < -0.39 is 6.09 Å². The van der Waals surface area contributed by atoms with Crippen LogP contribution in [0.25, 0.3) is 0 Å². The van der Waals surface area contributed by atoms with Gasteiger partial charge in [0.05, 0.1) is 13.7 Å². The molecule has 15 heavy (non-hydrogen) atoms. The van der Waals surface area contributed by atoms with Gasteiger partial charge in [0.2, 0.25) is 5.91 Å². The van der Waals surface area contributed by atoms with Crippen LogP contribution in [0.15, 0.2) is 0 Å². The molecular weight excluding hydrogens is 198 g/mol. The number of carbonyl (C=O) groups is 2. The first-order chi connectivity index (χ1) is 7.15. The minimum Gasteiger partial charge on any atom is -0.453 e. The number of nitrogens with zero attached hydrogens (tertiary/aromatic N) is 1. The molecule has 0 spiro atoms. The quantitative estimate of drug-likeness (QED) is 0.642. The smallest absolute Gasteiger partial charge is 0.413 e. The lowest BCUT2D eigenvalue weighted by Crippen LogP contribution is -2.40. The molecule has 1 unspecified atom stereocenters. The standard InChI is InChI=1S/C9H17N3O3/c1-10-7-3-4-12(5-7)6-8(13)11-9(14)15-2/h7,10H,3-6H2,1-2H3,(H,11,13,14). The molecule has 1 atom stereocenters.